The molecule has 0 bridgehead atoms. The van der Waals surface area contributed by atoms with Crippen LogP contribution in [-0.2, 0) is 0 Å². The zero-order valence-corrected chi connectivity index (χ0v) is 13.5. The average molecular weight is 288 g/mol. The van der Waals surface area contributed by atoms with E-state index in [-0.39, 0.29) is 5.34 Å². The van der Waals surface area contributed by atoms with E-state index in [0.717, 1.165) is 6.42 Å². The zero-order valence-electron chi connectivity index (χ0n) is 12.0. The maximum atomic E-state index is 8.29. The van der Waals surface area contributed by atoms with E-state index in [4.69, 9.17) is 28.3 Å². The lowest BCUT2D eigenvalue weighted by Crippen LogP contribution is -2.21. The van der Waals surface area contributed by atoms with Gasteiger partial charge in [0.2, 0.25) is 0 Å². The van der Waals surface area contributed by atoms with E-state index < -0.39 is 0 Å². The van der Waals surface area contributed by atoms with Crippen LogP contribution in [0.3, 0.4) is 0 Å². The lowest BCUT2D eigenvalue weighted by molar-refractivity contribution is 0.283. The van der Waals surface area contributed by atoms with Gasteiger partial charge < -0.3 is 10.0 Å². The van der Waals surface area contributed by atoms with Crippen LogP contribution in [0.15, 0.2) is 0 Å². The summed E-state index contributed by atoms with van der Waals surface area (Å²) in [4.78, 5) is 2.38. The van der Waals surface area contributed by atoms with Crippen LogP contribution < -0.4 is 0 Å². The van der Waals surface area contributed by atoms with E-state index in [1.807, 2.05) is 0 Å². The van der Waals surface area contributed by atoms with E-state index in [2.05, 4.69) is 32.6 Å². The fraction of sp³-hybridized carbons (Fsp3) is 1.00. The van der Waals surface area contributed by atoms with Crippen LogP contribution in [-0.4, -0.2) is 41.6 Å². The quantitative estimate of drug-likeness (QED) is 0.557. The molecule has 0 rings (SSSR count). The van der Waals surface area contributed by atoms with E-state index in [0.29, 0.717) is 6.61 Å². The van der Waals surface area contributed by atoms with E-state index >= 15 is 0 Å². The summed E-state index contributed by atoms with van der Waals surface area (Å²) in [5.41, 5.74) is 0. The number of hydrogen-bond acceptors (Lipinski definition) is 2. The van der Waals surface area contributed by atoms with Gasteiger partial charge in [-0.3, -0.25) is 0 Å². The van der Waals surface area contributed by atoms with Crippen molar-refractivity contribution in [2.24, 2.45) is 0 Å². The second kappa shape index (κ2) is 25.4. The van der Waals surface area contributed by atoms with Crippen molar-refractivity contribution in [2.45, 2.75) is 53.4 Å². The lowest BCUT2D eigenvalue weighted by Gasteiger charge is -2.13. The molecule has 0 aliphatic rings. The summed E-state index contributed by atoms with van der Waals surface area (Å²) in [6, 6.07) is 0. The predicted molar refractivity (Wildman–Crippen MR) is 81.3 cm³/mol. The van der Waals surface area contributed by atoms with E-state index in [1.165, 1.54) is 38.9 Å². The maximum absolute atomic E-state index is 8.29. The van der Waals surface area contributed by atoms with Crippen molar-refractivity contribution in [1.82, 2.24) is 4.90 Å². The fourth-order valence-electron chi connectivity index (χ4n) is 1.21. The number of aliphatic hydroxyl groups is 1. The minimum Gasteiger partial charge on any atom is -0.396 e. The van der Waals surface area contributed by atoms with Crippen molar-refractivity contribution < 1.29 is 5.11 Å². The minimum atomic E-state index is 0.194. The van der Waals surface area contributed by atoms with Gasteiger partial charge in [0.05, 0.1) is 5.34 Å². The molecule has 0 unspecified atom stereocenters. The van der Waals surface area contributed by atoms with Crippen molar-refractivity contribution in [2.75, 3.05) is 31.6 Å². The molecule has 0 aromatic carbocycles. The Morgan fingerprint density at radius 1 is 0.824 bits per heavy atom. The van der Waals surface area contributed by atoms with Crippen molar-refractivity contribution in [1.29, 1.82) is 0 Å². The van der Waals surface area contributed by atoms with Crippen molar-refractivity contribution >= 4 is 23.2 Å². The summed E-state index contributed by atoms with van der Waals surface area (Å²) in [6.07, 6.45) is 4.68. The Labute approximate surface area is 118 Å². The monoisotopic (exact) mass is 287 g/mol. The normalized spacial score (nSPS) is 9.18. The van der Waals surface area contributed by atoms with Gasteiger partial charge in [0.15, 0.2) is 0 Å². The molecule has 108 valence electrons. The molecule has 4 heteroatoms. The van der Waals surface area contributed by atoms with E-state index in [1.54, 1.807) is 0 Å². The highest BCUT2D eigenvalue weighted by Crippen LogP contribution is 1.96. The van der Waals surface area contributed by atoms with E-state index in [9.17, 15) is 0 Å². The molecule has 0 aliphatic heterocycles. The Morgan fingerprint density at radius 3 is 1.41 bits per heavy atom. The predicted octanol–water partition coefficient (Wildman–Crippen LogP) is 4.33. The molecular formula is C13H31Cl2NO. The molecule has 0 saturated carbocycles. The molecule has 1 N–H and O–H groups in total. The van der Waals surface area contributed by atoms with Crippen LogP contribution in [0.25, 0.3) is 0 Å². The first-order valence-corrected chi connectivity index (χ1v) is 7.70. The molecule has 0 aliphatic carbocycles. The van der Waals surface area contributed by atoms with Gasteiger partial charge in [0, 0.05) is 6.61 Å². The fourth-order valence-corrected chi connectivity index (χ4v) is 1.21. The molecular weight excluding hydrogens is 257 g/mol. The molecule has 0 fully saturated rings. The summed E-state index contributed by atoms with van der Waals surface area (Å²) in [7, 11) is 0. The summed E-state index contributed by atoms with van der Waals surface area (Å²) < 4.78 is 0. The first-order chi connectivity index (χ1) is 8.17. The standard InChI is InChI=1S/C6H15N.C6H14O.CH2Cl2/c1-4-7(5-2)6-3;1-2-3-4-5-6-7;2-1-3/h4-6H2,1-3H3;7H,2-6H2,1H3;1H2. The number of rotatable bonds is 7. The van der Waals surface area contributed by atoms with Crippen LogP contribution in [0.1, 0.15) is 53.4 Å². The van der Waals surface area contributed by atoms with Gasteiger partial charge in [-0.25, -0.2) is 0 Å². The Kier molecular flexibility index (Phi) is 33.8. The zero-order chi connectivity index (χ0) is 13.9. The summed E-state index contributed by atoms with van der Waals surface area (Å²) in [5, 5.41) is 8.49. The number of halogens is 2. The number of nitrogens with zero attached hydrogens (tertiary/aromatic N) is 1. The minimum absolute atomic E-state index is 0.194. The highest BCUT2D eigenvalue weighted by molar-refractivity contribution is 6.40. The highest BCUT2D eigenvalue weighted by Gasteiger charge is 1.89. The third-order valence-corrected chi connectivity index (χ3v) is 2.35. The molecule has 0 saturated heterocycles. The second-order valence-electron chi connectivity index (χ2n) is 3.50. The Bertz CT molecular complexity index is 91.9. The van der Waals surface area contributed by atoms with Crippen molar-refractivity contribution in [3.05, 3.63) is 0 Å². The van der Waals surface area contributed by atoms with Crippen LogP contribution in [0, 0.1) is 0 Å². The number of aliphatic hydroxyl groups excluding tert-OH is 1. The van der Waals surface area contributed by atoms with Crippen LogP contribution in [0.2, 0.25) is 0 Å². The second-order valence-corrected chi connectivity index (χ2v) is 4.31. The van der Waals surface area contributed by atoms with Crippen LogP contribution in [0.4, 0.5) is 0 Å². The Hall–Kier alpha value is 0.500. The van der Waals surface area contributed by atoms with Gasteiger partial charge >= 0.3 is 0 Å². The molecule has 0 radical (unpaired) electrons. The molecule has 0 heterocycles. The molecule has 2 nitrogen and oxygen atoms in total. The van der Waals surface area contributed by atoms with Crippen molar-refractivity contribution in [3.8, 4) is 0 Å². The number of hydrogen-bond donors (Lipinski definition) is 1. The molecule has 0 aromatic rings. The van der Waals surface area contributed by atoms with Gasteiger partial charge in [-0.05, 0) is 26.1 Å². The van der Waals surface area contributed by atoms with Gasteiger partial charge in [-0.15, -0.1) is 23.2 Å². The lowest BCUT2D eigenvalue weighted by atomic mass is 10.2. The van der Waals surface area contributed by atoms with Gasteiger partial charge in [0.25, 0.3) is 0 Å². The molecule has 17 heavy (non-hydrogen) atoms. The number of unbranched alkanes of at least 4 members (excludes halogenated alkanes) is 3. The van der Waals surface area contributed by atoms with Gasteiger partial charge in [0.1, 0.15) is 0 Å². The Balaban J connectivity index is -0.000000188. The van der Waals surface area contributed by atoms with Crippen molar-refractivity contribution in [3.63, 3.8) is 0 Å². The summed E-state index contributed by atoms with van der Waals surface area (Å²) >= 11 is 9.53. The smallest absolute Gasteiger partial charge is 0.0967 e. The van der Waals surface area contributed by atoms with Gasteiger partial charge in [-0.2, -0.15) is 0 Å². The number of alkyl halides is 2. The Morgan fingerprint density at radius 2 is 1.24 bits per heavy atom. The third-order valence-electron chi connectivity index (χ3n) is 2.35. The maximum Gasteiger partial charge on any atom is 0.0967 e. The highest BCUT2D eigenvalue weighted by atomic mass is 35.5. The van der Waals surface area contributed by atoms with Crippen LogP contribution in [0.5, 0.6) is 0 Å². The summed E-state index contributed by atoms with van der Waals surface area (Å²) in [5.74, 6) is 0. The molecule has 0 spiro atoms. The van der Waals surface area contributed by atoms with Gasteiger partial charge in [-0.1, -0.05) is 47.0 Å². The summed E-state index contributed by atoms with van der Waals surface area (Å²) in [6.45, 7) is 12.7. The molecule has 0 aromatic heterocycles. The molecule has 0 amide bonds. The molecule has 0 atom stereocenters. The third kappa shape index (κ3) is 31.5. The first kappa shape index (κ1) is 22.7. The SMILES string of the molecule is CCCCCCO.CCN(CC)CC.ClCCl. The largest absolute Gasteiger partial charge is 0.396 e. The van der Waals surface area contributed by atoms with Crippen LogP contribution >= 0.6 is 23.2 Å². The average Bonchev–Trinajstić information content (AvgIpc) is 2.34. The topological polar surface area (TPSA) is 23.5 Å². The first-order valence-electron chi connectivity index (χ1n) is 6.63.